The Kier molecular flexibility index (Phi) is 1.13. The molecule has 2 aliphatic heterocycles. The molecule has 0 N–H and O–H groups in total. The van der Waals surface area contributed by atoms with Crippen molar-refractivity contribution in [3.05, 3.63) is 36.7 Å². The Morgan fingerprint density at radius 3 is 2.67 bits per heavy atom. The van der Waals surface area contributed by atoms with E-state index in [2.05, 4.69) is 68.4 Å². The maximum atomic E-state index is 2.49. The molecule has 3 heteroatoms. The molecule has 1 atom stereocenters. The fourth-order valence-corrected chi connectivity index (χ4v) is 10.1. The van der Waals surface area contributed by atoms with Crippen LogP contribution in [0.3, 0.4) is 0 Å². The van der Waals surface area contributed by atoms with Gasteiger partial charge in [0.2, 0.25) is 0 Å². The van der Waals surface area contributed by atoms with E-state index in [9.17, 15) is 0 Å². The van der Waals surface area contributed by atoms with Gasteiger partial charge in [0.05, 0.1) is 0 Å². The molecule has 0 bridgehead atoms. The summed E-state index contributed by atoms with van der Waals surface area (Å²) in [6.07, 6.45) is 4.42. The van der Waals surface area contributed by atoms with E-state index in [0.717, 1.165) is 0 Å². The molecule has 0 radical (unpaired) electrons. The first kappa shape index (κ1) is 7.92. The number of fused-ring (bicyclic) bond motifs is 3. The van der Waals surface area contributed by atoms with Crippen molar-refractivity contribution in [3.63, 3.8) is 0 Å². The Hall–Kier alpha value is -2.44. The summed E-state index contributed by atoms with van der Waals surface area (Å²) in [5.74, 6) is 0. The van der Waals surface area contributed by atoms with Crippen molar-refractivity contribution in [1.82, 2.24) is 4.90 Å². The van der Waals surface area contributed by atoms with Gasteiger partial charge in [-0.1, -0.05) is 0 Å². The first-order chi connectivity index (χ1) is 7.12. The van der Waals surface area contributed by atoms with Crippen molar-refractivity contribution in [2.45, 2.75) is 21.5 Å². The molecule has 2 nitrogen and oxygen atoms in total. The van der Waals surface area contributed by atoms with Crippen LogP contribution in [0.1, 0.15) is 0 Å². The fraction of sp³-hybridized carbons (Fsp3) is 0.333. The van der Waals surface area contributed by atoms with E-state index in [1.807, 2.05) is 0 Å². The quantitative estimate of drug-likeness (QED) is 0.598. The van der Waals surface area contributed by atoms with Crippen molar-refractivity contribution in [2.75, 3.05) is 11.9 Å². The van der Waals surface area contributed by atoms with Gasteiger partial charge in [-0.05, 0) is 0 Å². The van der Waals surface area contributed by atoms with Gasteiger partial charge >= 0.3 is 86.8 Å². The summed E-state index contributed by atoms with van der Waals surface area (Å²) >= 11 is 0. The molecule has 1 unspecified atom stereocenters. The molecule has 15 heavy (non-hydrogen) atoms. The molecular weight excluding hydrogens is 434 g/mol. The Morgan fingerprint density at radius 2 is 1.87 bits per heavy atom. The van der Waals surface area contributed by atoms with Crippen molar-refractivity contribution in [3.8, 4) is 0 Å². The number of rotatable bonds is 0. The third-order valence-corrected chi connectivity index (χ3v) is 10.9. The van der Waals surface area contributed by atoms with E-state index in [1.165, 1.54) is 5.69 Å². The predicted octanol–water partition coefficient (Wildman–Crippen LogP) is 2.08. The van der Waals surface area contributed by atoms with Crippen LogP contribution in [0.15, 0.2) is 36.7 Å². The van der Waals surface area contributed by atoms with Gasteiger partial charge in [-0.3, -0.25) is 0 Å². The maximum absolute atomic E-state index is 2.49. The second-order valence-electron chi connectivity index (χ2n) is 3.90. The van der Waals surface area contributed by atoms with Crippen LogP contribution in [0.5, 0.6) is 0 Å². The van der Waals surface area contributed by atoms with Crippen LogP contribution in [-0.4, -0.2) is 18.6 Å². The number of benzene rings is 1. The first-order valence-electron chi connectivity index (χ1n) is 4.66. The Bertz CT molecular complexity index is 439. The average molecular weight is 450 g/mol. The number of nitrogens with zero attached hydrogens (tertiary/aromatic N) is 2. The van der Waals surface area contributed by atoms with Gasteiger partial charge in [-0.2, -0.15) is 0 Å². The van der Waals surface area contributed by atoms with Crippen LogP contribution in [0, 0.1) is 0 Å². The minimum atomic E-state index is -1.75. The third kappa shape index (κ3) is 0.749. The van der Waals surface area contributed by atoms with E-state index >= 15 is 0 Å². The molecule has 2 heterocycles. The summed E-state index contributed by atoms with van der Waals surface area (Å²) in [7, 11) is 7.18. The van der Waals surface area contributed by atoms with Gasteiger partial charge in [0.25, 0.3) is 0 Å². The monoisotopic (exact) mass is 450 g/mol. The third-order valence-electron chi connectivity index (χ3n) is 2.72. The summed E-state index contributed by atoms with van der Waals surface area (Å²) in [6.45, 7) is 0.613. The minimum absolute atomic E-state index is 0.613. The van der Waals surface area contributed by atoms with Crippen LogP contribution in [0.25, 0.3) is 0 Å². The van der Waals surface area contributed by atoms with Crippen LogP contribution >= 0.6 is 0 Å². The number of hydrogen-bond acceptors (Lipinski definition) is 2. The van der Waals surface area contributed by atoms with Crippen LogP contribution in [0.4, 0.5) is 5.69 Å². The molecule has 0 aliphatic carbocycles. The number of hydrogen-bond donors (Lipinski definition) is 0. The van der Waals surface area contributed by atoms with Crippen LogP contribution < -0.4 is 11.0 Å². The zero-order chi connectivity index (χ0) is 10.6. The summed E-state index contributed by atoms with van der Waals surface area (Å²) in [6, 6.07) is 10.5. The van der Waals surface area contributed by atoms with E-state index in [-0.39, 0.29) is 0 Å². The summed E-state index contributed by atoms with van der Waals surface area (Å²) in [5, 5.41) is 0. The molecule has 89 valence electrons. The van der Waals surface area contributed by atoms with E-state index in [4.69, 9.17) is 0 Å². The van der Waals surface area contributed by atoms with E-state index in [1.54, 1.807) is 6.07 Å². The van der Waals surface area contributed by atoms with Gasteiger partial charge in [-0.15, -0.1) is 0 Å². The number of anilines is 1. The first-order valence-corrected chi connectivity index (χ1v) is 11.3. The van der Waals surface area contributed by atoms with Gasteiger partial charge < -0.3 is 0 Å². The summed E-state index contributed by atoms with van der Waals surface area (Å²) in [4.78, 5) is 4.82. The van der Waals surface area contributed by atoms with Gasteiger partial charge in [0, 0.05) is 0 Å². The molecule has 0 fully saturated rings. The Balaban J connectivity index is 2.22. The molecule has 0 saturated carbocycles. The molecular formula is C12H16LrN2. The van der Waals surface area contributed by atoms with Crippen LogP contribution in [-0.2, 0) is 0 Å². The van der Waals surface area contributed by atoms with Crippen molar-refractivity contribution >= 4 is 11.8 Å². The van der Waals surface area contributed by atoms with Gasteiger partial charge in [0.15, 0.2) is 0 Å². The summed E-state index contributed by atoms with van der Waals surface area (Å²) in [5.41, 5.74) is 1.43. The Morgan fingerprint density at radius 1 is 1.13 bits per heavy atom. The molecule has 0 aromatic heterocycles. The summed E-state index contributed by atoms with van der Waals surface area (Å²) < 4.78 is -1.75. The fourth-order valence-electron chi connectivity index (χ4n) is 2.09. The molecule has 1 aromatic rings. The van der Waals surface area contributed by atoms with Crippen molar-refractivity contribution in [1.29, 1.82) is 0 Å². The zero-order valence-electron chi connectivity index (χ0n) is 9.19. The average Bonchev–Trinajstić information content (AvgIpc) is 2.69. The topological polar surface area (TPSA) is 6.48 Å². The molecule has 0 amide bonds. The predicted molar refractivity (Wildman–Crippen MR) is 61.0 cm³/mol. The molecule has 2 aliphatic rings. The standard InChI is InChI=1S/C10H10N2.2CH3.Lr/c1-11-7-8-12(9-11)10-5-3-2-4-6-10;;;/h2-5,7-9H,1H3;2*1H3;. The molecule has 0 spiro atoms. The van der Waals surface area contributed by atoms with Crippen molar-refractivity contribution < 1.29 is 0 Å². The van der Waals surface area contributed by atoms with E-state index in [0.29, 0.717) is 6.67 Å². The number of para-hydroxylation sites is 1. The molecule has 1 aromatic carbocycles. The second kappa shape index (κ2) is 2.14. The van der Waals surface area contributed by atoms with Gasteiger partial charge in [0.1, 0.15) is 0 Å². The van der Waals surface area contributed by atoms with Gasteiger partial charge in [-0.25, -0.2) is 0 Å². The molecule has 3 rings (SSSR count). The van der Waals surface area contributed by atoms with Crippen LogP contribution in [0.2, 0.25) is 14.9 Å². The normalized spacial score (nSPS) is 25.7. The SMILES string of the molecule is CN1C=CN2c3cccc[c]3[Lr]([CH3])([CH3])[CH]12. The van der Waals surface area contributed by atoms with Crippen molar-refractivity contribution in [2.24, 2.45) is 0 Å². The molecule has 0 saturated heterocycles. The second-order valence-corrected chi connectivity index (χ2v) is 13.6. The Labute approximate surface area is 87.5 Å². The van der Waals surface area contributed by atoms with E-state index < -0.39 is 0 Å². The zero-order valence-corrected chi connectivity index (χ0v) is 11.3.